The normalized spacial score (nSPS) is 14.9. The Morgan fingerprint density at radius 1 is 0.514 bits per heavy atom. The summed E-state index contributed by atoms with van der Waals surface area (Å²) >= 11 is 0. The highest BCUT2D eigenvalue weighted by Crippen LogP contribution is 2.55. The summed E-state index contributed by atoms with van der Waals surface area (Å²) in [5.74, 6) is 0. The molecular formula is C33H22N2. The summed E-state index contributed by atoms with van der Waals surface area (Å²) in [6, 6.07) is 29.6. The number of pyridine rings is 1. The van der Waals surface area contributed by atoms with Crippen molar-refractivity contribution in [1.82, 2.24) is 4.98 Å². The summed E-state index contributed by atoms with van der Waals surface area (Å²) in [6.45, 7) is 0. The van der Waals surface area contributed by atoms with Gasteiger partial charge >= 0.3 is 0 Å². The van der Waals surface area contributed by atoms with Gasteiger partial charge in [-0.2, -0.15) is 0 Å². The molecule has 0 radical (unpaired) electrons. The van der Waals surface area contributed by atoms with Gasteiger partial charge < -0.3 is 4.90 Å². The Labute approximate surface area is 204 Å². The SMILES string of the molecule is c1ccc2c(c1)Cc1cc3c(cc1-2)Cc1c-3cc2c3c1Cc1ncccc1N3c1ccccc1C2. The molecule has 0 amide bonds. The van der Waals surface area contributed by atoms with Crippen LogP contribution in [-0.2, 0) is 25.7 Å². The minimum atomic E-state index is 0.914. The average Bonchev–Trinajstić information content (AvgIpc) is 3.44. The third kappa shape index (κ3) is 2.27. The van der Waals surface area contributed by atoms with Crippen molar-refractivity contribution in [3.63, 3.8) is 0 Å². The van der Waals surface area contributed by atoms with Crippen molar-refractivity contribution in [3.8, 4) is 22.3 Å². The first kappa shape index (κ1) is 18.2. The first-order valence-electron chi connectivity index (χ1n) is 12.6. The summed E-state index contributed by atoms with van der Waals surface area (Å²) in [7, 11) is 0. The van der Waals surface area contributed by atoms with E-state index in [1.54, 1.807) is 0 Å². The number of fused-ring (bicyclic) bond motifs is 11. The van der Waals surface area contributed by atoms with E-state index < -0.39 is 0 Å². The second kappa shape index (κ2) is 6.28. The summed E-state index contributed by atoms with van der Waals surface area (Å²) in [5.41, 5.74) is 21.1. The molecule has 4 aliphatic rings. The Morgan fingerprint density at radius 3 is 2.17 bits per heavy atom. The zero-order valence-electron chi connectivity index (χ0n) is 19.3. The van der Waals surface area contributed by atoms with Crippen LogP contribution in [0.5, 0.6) is 0 Å². The van der Waals surface area contributed by atoms with E-state index in [0.29, 0.717) is 0 Å². The number of para-hydroxylation sites is 1. The van der Waals surface area contributed by atoms with E-state index in [-0.39, 0.29) is 0 Å². The summed E-state index contributed by atoms with van der Waals surface area (Å²) < 4.78 is 0. The van der Waals surface area contributed by atoms with Gasteiger partial charge in [0.05, 0.1) is 17.1 Å². The van der Waals surface area contributed by atoms with Crippen LogP contribution < -0.4 is 4.90 Å². The molecule has 2 aliphatic heterocycles. The van der Waals surface area contributed by atoms with Crippen molar-refractivity contribution in [3.05, 3.63) is 130 Å². The van der Waals surface area contributed by atoms with Gasteiger partial charge in [-0.25, -0.2) is 0 Å². The zero-order valence-corrected chi connectivity index (χ0v) is 19.3. The van der Waals surface area contributed by atoms with Crippen molar-refractivity contribution in [2.75, 3.05) is 4.90 Å². The van der Waals surface area contributed by atoms with Crippen LogP contribution in [0.2, 0.25) is 0 Å². The van der Waals surface area contributed by atoms with Crippen molar-refractivity contribution in [2.45, 2.75) is 25.7 Å². The highest BCUT2D eigenvalue weighted by atomic mass is 15.2. The fourth-order valence-corrected chi connectivity index (χ4v) is 7.08. The lowest BCUT2D eigenvalue weighted by molar-refractivity contribution is 0.956. The van der Waals surface area contributed by atoms with Gasteiger partial charge in [-0.05, 0) is 110 Å². The molecule has 0 atom stereocenters. The standard InChI is InChI=1S/C33H22N2/c1-3-8-24-19(6-1)12-21-14-26-22(15-25(21)24)16-28-27(26)17-23-13-20-7-2-4-9-31(20)35-32-10-5-11-34-30(32)18-29(28)33(23)35/h1-11,14-15,17H,12-13,16,18H2. The van der Waals surface area contributed by atoms with Crippen LogP contribution in [0, 0.1) is 0 Å². The van der Waals surface area contributed by atoms with Crippen LogP contribution >= 0.6 is 0 Å². The molecule has 0 N–H and O–H groups in total. The molecule has 1 aromatic heterocycles. The largest absolute Gasteiger partial charge is 0.308 e. The van der Waals surface area contributed by atoms with Crippen molar-refractivity contribution in [1.29, 1.82) is 0 Å². The number of benzene rings is 4. The molecule has 0 fully saturated rings. The minimum Gasteiger partial charge on any atom is -0.308 e. The van der Waals surface area contributed by atoms with E-state index in [0.717, 1.165) is 25.7 Å². The topological polar surface area (TPSA) is 16.1 Å². The Hall–Kier alpha value is -4.17. The van der Waals surface area contributed by atoms with Crippen LogP contribution in [0.3, 0.4) is 0 Å². The smallest absolute Gasteiger partial charge is 0.0688 e. The van der Waals surface area contributed by atoms with Crippen LogP contribution in [0.4, 0.5) is 17.1 Å². The molecule has 0 spiro atoms. The fraction of sp³-hybridized carbons (Fsp3) is 0.121. The molecule has 0 saturated carbocycles. The maximum absolute atomic E-state index is 4.85. The molecule has 0 saturated heterocycles. The van der Waals surface area contributed by atoms with E-state index in [1.165, 1.54) is 84.0 Å². The van der Waals surface area contributed by atoms with Gasteiger partial charge in [0, 0.05) is 24.7 Å². The highest BCUT2D eigenvalue weighted by Gasteiger charge is 2.36. The third-order valence-corrected chi connectivity index (χ3v) is 8.56. The summed E-state index contributed by atoms with van der Waals surface area (Å²) in [5, 5.41) is 0. The summed E-state index contributed by atoms with van der Waals surface area (Å²) in [4.78, 5) is 7.35. The molecule has 0 unspecified atom stereocenters. The van der Waals surface area contributed by atoms with Gasteiger partial charge in [-0.3, -0.25) is 4.98 Å². The van der Waals surface area contributed by atoms with Crippen LogP contribution in [0.15, 0.2) is 85.1 Å². The van der Waals surface area contributed by atoms with Crippen molar-refractivity contribution in [2.24, 2.45) is 0 Å². The number of hydrogen-bond donors (Lipinski definition) is 0. The Balaban J connectivity index is 1.29. The highest BCUT2D eigenvalue weighted by molar-refractivity contribution is 5.94. The van der Waals surface area contributed by atoms with E-state index in [1.807, 2.05) is 6.20 Å². The average molecular weight is 447 g/mol. The fourth-order valence-electron chi connectivity index (χ4n) is 7.08. The first-order chi connectivity index (χ1) is 17.3. The molecule has 5 aromatic rings. The van der Waals surface area contributed by atoms with Crippen LogP contribution in [0.1, 0.15) is 44.6 Å². The second-order valence-corrected chi connectivity index (χ2v) is 10.4. The molecule has 4 aromatic carbocycles. The molecule has 164 valence electrons. The predicted molar refractivity (Wildman–Crippen MR) is 141 cm³/mol. The van der Waals surface area contributed by atoms with Gasteiger partial charge in [0.2, 0.25) is 0 Å². The molecule has 2 aliphatic carbocycles. The maximum atomic E-state index is 4.85. The van der Waals surface area contributed by atoms with Crippen molar-refractivity contribution >= 4 is 17.1 Å². The number of anilines is 3. The Bertz CT molecular complexity index is 1750. The number of rotatable bonds is 0. The lowest BCUT2D eigenvalue weighted by atomic mass is 9.83. The predicted octanol–water partition coefficient (Wildman–Crippen LogP) is 7.50. The van der Waals surface area contributed by atoms with Gasteiger partial charge in [0.25, 0.3) is 0 Å². The van der Waals surface area contributed by atoms with E-state index in [2.05, 4.69) is 83.8 Å². The maximum Gasteiger partial charge on any atom is 0.0688 e. The summed E-state index contributed by atoms with van der Waals surface area (Å²) in [6.07, 6.45) is 5.91. The van der Waals surface area contributed by atoms with Crippen molar-refractivity contribution < 1.29 is 0 Å². The van der Waals surface area contributed by atoms with E-state index >= 15 is 0 Å². The molecule has 35 heavy (non-hydrogen) atoms. The molecule has 2 nitrogen and oxygen atoms in total. The molecule has 0 bridgehead atoms. The van der Waals surface area contributed by atoms with Crippen LogP contribution in [-0.4, -0.2) is 4.98 Å². The lowest BCUT2D eigenvalue weighted by Gasteiger charge is -2.39. The number of aromatic nitrogens is 1. The Kier molecular flexibility index (Phi) is 3.27. The van der Waals surface area contributed by atoms with Gasteiger partial charge in [-0.15, -0.1) is 0 Å². The zero-order chi connectivity index (χ0) is 22.7. The third-order valence-electron chi connectivity index (χ3n) is 8.56. The number of nitrogens with zero attached hydrogens (tertiary/aromatic N) is 2. The molecule has 2 heteroatoms. The second-order valence-electron chi connectivity index (χ2n) is 10.4. The number of hydrogen-bond acceptors (Lipinski definition) is 2. The van der Waals surface area contributed by atoms with E-state index in [9.17, 15) is 0 Å². The lowest BCUT2D eigenvalue weighted by Crippen LogP contribution is -2.26. The van der Waals surface area contributed by atoms with Gasteiger partial charge in [-0.1, -0.05) is 42.5 Å². The van der Waals surface area contributed by atoms with Crippen LogP contribution in [0.25, 0.3) is 22.3 Å². The molecular weight excluding hydrogens is 424 g/mol. The monoisotopic (exact) mass is 446 g/mol. The Morgan fingerprint density at radius 2 is 1.23 bits per heavy atom. The van der Waals surface area contributed by atoms with Gasteiger partial charge in [0.1, 0.15) is 0 Å². The first-order valence-corrected chi connectivity index (χ1v) is 12.6. The van der Waals surface area contributed by atoms with E-state index in [4.69, 9.17) is 4.98 Å². The minimum absolute atomic E-state index is 0.914. The molecule has 3 heterocycles. The van der Waals surface area contributed by atoms with Gasteiger partial charge in [0.15, 0.2) is 0 Å². The molecule has 9 rings (SSSR count). The quantitative estimate of drug-likeness (QED) is 0.240.